The summed E-state index contributed by atoms with van der Waals surface area (Å²) < 4.78 is 15.2. The lowest BCUT2D eigenvalue weighted by Crippen LogP contribution is -2.36. The van der Waals surface area contributed by atoms with E-state index in [0.717, 1.165) is 0 Å². The van der Waals surface area contributed by atoms with Crippen molar-refractivity contribution in [3.8, 4) is 0 Å². The molecule has 0 unspecified atom stereocenters. The van der Waals surface area contributed by atoms with Crippen molar-refractivity contribution in [1.82, 2.24) is 9.88 Å². The molecule has 0 bridgehead atoms. The van der Waals surface area contributed by atoms with Crippen molar-refractivity contribution in [2.45, 2.75) is 19.9 Å². The molecule has 0 aliphatic rings. The number of para-hydroxylation sites is 1. The second kappa shape index (κ2) is 10.9. The first-order valence-corrected chi connectivity index (χ1v) is 9.32. The number of amides is 2. The minimum absolute atomic E-state index is 0.0290. The van der Waals surface area contributed by atoms with Crippen LogP contribution in [0.1, 0.15) is 29.7 Å². The number of methoxy groups -OCH3 is 1. The molecule has 10 heteroatoms. The average molecular weight is 430 g/mol. The molecule has 28 heavy (non-hydrogen) atoms. The molecule has 0 saturated heterocycles. The summed E-state index contributed by atoms with van der Waals surface area (Å²) in [5, 5.41) is 3.34. The van der Waals surface area contributed by atoms with Gasteiger partial charge in [0.1, 0.15) is 6.26 Å². The van der Waals surface area contributed by atoms with Gasteiger partial charge >= 0.3 is 12.0 Å². The molecule has 0 atom stereocenters. The lowest BCUT2D eigenvalue weighted by atomic mass is 10.3. The van der Waals surface area contributed by atoms with Crippen LogP contribution < -0.4 is 5.32 Å². The Morgan fingerprint density at radius 3 is 2.64 bits per heavy atom. The maximum Gasteiger partial charge on any atom is 0.360 e. The summed E-state index contributed by atoms with van der Waals surface area (Å²) in [6.07, 6.45) is 1.78. The number of carbonyl (C=O) groups is 2. The molecule has 0 fully saturated rings. The predicted octanol–water partition coefficient (Wildman–Crippen LogP) is 4.23. The van der Waals surface area contributed by atoms with E-state index in [2.05, 4.69) is 15.0 Å². The fourth-order valence-electron chi connectivity index (χ4n) is 2.30. The number of urea groups is 1. The van der Waals surface area contributed by atoms with E-state index in [1.807, 2.05) is 6.92 Å². The Morgan fingerprint density at radius 1 is 1.29 bits per heavy atom. The summed E-state index contributed by atoms with van der Waals surface area (Å²) in [7, 11) is 1.25. The Hall–Kier alpha value is -2.29. The van der Waals surface area contributed by atoms with Crippen LogP contribution in [0.3, 0.4) is 0 Å². The third-order valence-electron chi connectivity index (χ3n) is 3.68. The molecule has 0 aliphatic carbocycles. The smallest absolute Gasteiger partial charge is 0.360 e. The van der Waals surface area contributed by atoms with Crippen LogP contribution in [0, 0.1) is 0 Å². The number of hydrogen-bond acceptors (Lipinski definition) is 6. The molecule has 1 aromatic carbocycles. The van der Waals surface area contributed by atoms with Gasteiger partial charge in [-0.1, -0.05) is 29.3 Å². The van der Waals surface area contributed by atoms with Crippen LogP contribution in [0.2, 0.25) is 10.0 Å². The molecule has 2 rings (SSSR count). The summed E-state index contributed by atoms with van der Waals surface area (Å²) in [6, 6.07) is 4.49. The highest BCUT2D eigenvalue weighted by Crippen LogP contribution is 2.30. The Labute approximate surface area is 172 Å². The van der Waals surface area contributed by atoms with E-state index in [1.165, 1.54) is 18.3 Å². The zero-order valence-electron chi connectivity index (χ0n) is 15.5. The average Bonchev–Trinajstić information content (AvgIpc) is 3.15. The third kappa shape index (κ3) is 6.12. The summed E-state index contributed by atoms with van der Waals surface area (Å²) in [5.74, 6) is -0.428. The highest BCUT2D eigenvalue weighted by Gasteiger charge is 2.20. The highest BCUT2D eigenvalue weighted by atomic mass is 35.5. The van der Waals surface area contributed by atoms with Crippen LogP contribution in [0.25, 0.3) is 0 Å². The molecule has 0 spiro atoms. The molecule has 1 aromatic heterocycles. The van der Waals surface area contributed by atoms with Crippen LogP contribution in [0.5, 0.6) is 0 Å². The molecule has 2 amide bonds. The van der Waals surface area contributed by atoms with Crippen molar-refractivity contribution in [2.75, 3.05) is 32.2 Å². The Morgan fingerprint density at radius 2 is 2.00 bits per heavy atom. The number of rotatable bonds is 9. The minimum atomic E-state index is -0.620. The molecule has 1 N–H and O–H groups in total. The van der Waals surface area contributed by atoms with Gasteiger partial charge in [-0.25, -0.2) is 14.6 Å². The van der Waals surface area contributed by atoms with Crippen molar-refractivity contribution in [2.24, 2.45) is 0 Å². The topological polar surface area (TPSA) is 93.9 Å². The summed E-state index contributed by atoms with van der Waals surface area (Å²) >= 11 is 12.2. The SMILES string of the molecule is CCOCCCN(Cc1nc(C(=O)OC)co1)C(=O)Nc1c(Cl)cccc1Cl. The summed E-state index contributed by atoms with van der Waals surface area (Å²) in [6.45, 7) is 3.38. The van der Waals surface area contributed by atoms with Crippen molar-refractivity contribution in [3.05, 3.63) is 46.1 Å². The Balaban J connectivity index is 2.12. The quantitative estimate of drug-likeness (QED) is 0.473. The molecule has 8 nitrogen and oxygen atoms in total. The maximum atomic E-state index is 12.8. The maximum absolute atomic E-state index is 12.8. The van der Waals surface area contributed by atoms with Gasteiger partial charge in [0.2, 0.25) is 5.89 Å². The number of nitrogens with zero attached hydrogens (tertiary/aromatic N) is 2. The molecule has 2 aromatic rings. The first-order chi connectivity index (χ1) is 13.5. The zero-order valence-corrected chi connectivity index (χ0v) is 17.0. The number of oxazole rings is 1. The molecule has 152 valence electrons. The number of ether oxygens (including phenoxy) is 2. The van der Waals surface area contributed by atoms with Gasteiger partial charge in [-0.3, -0.25) is 0 Å². The normalized spacial score (nSPS) is 10.6. The number of benzene rings is 1. The van der Waals surface area contributed by atoms with Crippen LogP contribution in [-0.2, 0) is 16.0 Å². The van der Waals surface area contributed by atoms with Gasteiger partial charge in [-0.2, -0.15) is 0 Å². The van der Waals surface area contributed by atoms with E-state index < -0.39 is 12.0 Å². The van der Waals surface area contributed by atoms with Crippen LogP contribution in [0.4, 0.5) is 10.5 Å². The summed E-state index contributed by atoms with van der Waals surface area (Å²) in [4.78, 5) is 29.8. The molecular weight excluding hydrogens is 409 g/mol. The van der Waals surface area contributed by atoms with Gasteiger partial charge in [-0.05, 0) is 25.5 Å². The number of aromatic nitrogens is 1. The number of halogens is 2. The molecule has 0 saturated carbocycles. The van der Waals surface area contributed by atoms with E-state index in [4.69, 9.17) is 32.4 Å². The zero-order chi connectivity index (χ0) is 20.5. The number of hydrogen-bond donors (Lipinski definition) is 1. The lowest BCUT2D eigenvalue weighted by molar-refractivity contribution is 0.0594. The number of esters is 1. The standard InChI is InChI=1S/C18H21Cl2N3O5/c1-3-27-9-5-8-23(10-15-21-14(11-28-15)17(24)26-2)18(25)22-16-12(19)6-4-7-13(16)20/h4,6-7,11H,3,5,8-10H2,1-2H3,(H,22,25). The van der Waals surface area contributed by atoms with E-state index in [1.54, 1.807) is 18.2 Å². The largest absolute Gasteiger partial charge is 0.464 e. The molecule has 1 heterocycles. The Bertz CT molecular complexity index is 792. The van der Waals surface area contributed by atoms with E-state index in [-0.39, 0.29) is 18.1 Å². The van der Waals surface area contributed by atoms with Gasteiger partial charge in [0, 0.05) is 19.8 Å². The minimum Gasteiger partial charge on any atom is -0.464 e. The number of anilines is 1. The van der Waals surface area contributed by atoms with Gasteiger partial charge in [-0.15, -0.1) is 0 Å². The first-order valence-electron chi connectivity index (χ1n) is 8.56. The molecular formula is C18H21Cl2N3O5. The van der Waals surface area contributed by atoms with Crippen LogP contribution in [-0.4, -0.2) is 48.8 Å². The van der Waals surface area contributed by atoms with Crippen molar-refractivity contribution < 1.29 is 23.5 Å². The Kier molecular flexibility index (Phi) is 8.56. The fraction of sp³-hybridized carbons (Fsp3) is 0.389. The number of carbonyl (C=O) groups excluding carboxylic acids is 2. The van der Waals surface area contributed by atoms with Crippen LogP contribution >= 0.6 is 23.2 Å². The van der Waals surface area contributed by atoms with Gasteiger partial charge in [0.25, 0.3) is 0 Å². The third-order valence-corrected chi connectivity index (χ3v) is 4.31. The summed E-state index contributed by atoms with van der Waals surface area (Å²) in [5.41, 5.74) is 0.342. The van der Waals surface area contributed by atoms with Crippen molar-refractivity contribution in [3.63, 3.8) is 0 Å². The molecule has 0 radical (unpaired) electrons. The fourth-order valence-corrected chi connectivity index (χ4v) is 2.79. The van der Waals surface area contributed by atoms with E-state index in [9.17, 15) is 9.59 Å². The second-order valence-corrected chi connectivity index (χ2v) is 6.43. The lowest BCUT2D eigenvalue weighted by Gasteiger charge is -2.22. The van der Waals surface area contributed by atoms with Crippen molar-refractivity contribution >= 4 is 40.9 Å². The predicted molar refractivity (Wildman–Crippen MR) is 105 cm³/mol. The monoisotopic (exact) mass is 429 g/mol. The molecule has 0 aliphatic heterocycles. The van der Waals surface area contributed by atoms with Crippen molar-refractivity contribution in [1.29, 1.82) is 0 Å². The first kappa shape index (κ1) is 22.0. The van der Waals surface area contributed by atoms with E-state index >= 15 is 0 Å². The van der Waals surface area contributed by atoms with Gasteiger partial charge < -0.3 is 24.1 Å². The van der Waals surface area contributed by atoms with Gasteiger partial charge in [0.05, 0.1) is 29.4 Å². The second-order valence-electron chi connectivity index (χ2n) is 5.62. The highest BCUT2D eigenvalue weighted by molar-refractivity contribution is 6.39. The van der Waals surface area contributed by atoms with Gasteiger partial charge in [0.15, 0.2) is 5.69 Å². The number of nitrogens with one attached hydrogen (secondary N) is 1. The van der Waals surface area contributed by atoms with E-state index in [0.29, 0.717) is 41.9 Å². The van der Waals surface area contributed by atoms with Crippen LogP contribution in [0.15, 0.2) is 28.9 Å².